The van der Waals surface area contributed by atoms with Gasteiger partial charge in [-0.25, -0.2) is 4.57 Å². The number of hydrogen-bond donors (Lipinski definition) is 1. The molecule has 0 aliphatic carbocycles. The maximum absolute atomic E-state index is 11.9. The summed E-state index contributed by atoms with van der Waals surface area (Å²) in [7, 11) is -3.89. The average Bonchev–Trinajstić information content (AvgIpc) is 2.77. The topological polar surface area (TPSA) is 94.4 Å². The fourth-order valence-electron chi connectivity index (χ4n) is 3.22. The van der Waals surface area contributed by atoms with E-state index in [1.807, 2.05) is 6.92 Å². The van der Waals surface area contributed by atoms with Gasteiger partial charge in [0.15, 0.2) is 5.34 Å². The fourth-order valence-corrected chi connectivity index (χ4v) is 4.09. The highest BCUT2D eigenvalue weighted by Gasteiger charge is 2.24. The molecule has 0 saturated carbocycles. The molecule has 0 fully saturated rings. The zero-order valence-corrected chi connectivity index (χ0v) is 22.6. The SMILES string of the molecule is CCCCC(CC)COP(=O)(O)OCC(CC)CCCC.CCCCCCC(C)ON=O. The Morgan fingerprint density at radius 3 is 1.59 bits per heavy atom. The molecule has 8 heteroatoms. The van der Waals surface area contributed by atoms with E-state index < -0.39 is 7.82 Å². The quantitative estimate of drug-likeness (QED) is 0.0763. The van der Waals surface area contributed by atoms with Crippen LogP contribution in [0.5, 0.6) is 0 Å². The van der Waals surface area contributed by atoms with Gasteiger partial charge in [-0.15, -0.1) is 4.91 Å². The van der Waals surface area contributed by atoms with Crippen molar-refractivity contribution < 1.29 is 23.3 Å². The summed E-state index contributed by atoms with van der Waals surface area (Å²) in [4.78, 5) is 23.9. The molecule has 0 bridgehead atoms. The Hall–Kier alpha value is -0.490. The first-order chi connectivity index (χ1) is 15.3. The molecule has 0 radical (unpaired) electrons. The van der Waals surface area contributed by atoms with Crippen LogP contribution in [0.3, 0.4) is 0 Å². The third-order valence-corrected chi connectivity index (χ3v) is 6.67. The summed E-state index contributed by atoms with van der Waals surface area (Å²) in [5.41, 5.74) is 0. The molecule has 0 spiro atoms. The van der Waals surface area contributed by atoms with Gasteiger partial charge in [0.1, 0.15) is 6.10 Å². The van der Waals surface area contributed by atoms with Gasteiger partial charge in [0.05, 0.1) is 13.2 Å². The van der Waals surface area contributed by atoms with Crippen molar-refractivity contribution in [3.8, 4) is 0 Å². The van der Waals surface area contributed by atoms with Gasteiger partial charge < -0.3 is 9.73 Å². The zero-order valence-electron chi connectivity index (χ0n) is 21.7. The van der Waals surface area contributed by atoms with E-state index in [1.165, 1.54) is 19.3 Å². The van der Waals surface area contributed by atoms with Crippen LogP contribution in [0.4, 0.5) is 0 Å². The average molecular weight is 482 g/mol. The van der Waals surface area contributed by atoms with E-state index in [0.717, 1.165) is 64.2 Å². The van der Waals surface area contributed by atoms with Crippen LogP contribution < -0.4 is 0 Å². The molecular formula is C24H52NO6P. The first kappa shape index (κ1) is 33.7. The summed E-state index contributed by atoms with van der Waals surface area (Å²) in [6.07, 6.45) is 14.3. The van der Waals surface area contributed by atoms with E-state index in [0.29, 0.717) is 25.0 Å². The first-order valence-electron chi connectivity index (χ1n) is 12.9. The normalized spacial score (nSPS) is 15.7. The minimum Gasteiger partial charge on any atom is -0.361 e. The van der Waals surface area contributed by atoms with Gasteiger partial charge in [-0.2, -0.15) is 0 Å². The molecule has 0 heterocycles. The molecule has 194 valence electrons. The van der Waals surface area contributed by atoms with Crippen LogP contribution in [0.15, 0.2) is 5.34 Å². The van der Waals surface area contributed by atoms with E-state index in [-0.39, 0.29) is 6.10 Å². The van der Waals surface area contributed by atoms with Crippen LogP contribution in [-0.4, -0.2) is 24.2 Å². The lowest BCUT2D eigenvalue weighted by Gasteiger charge is -2.20. The van der Waals surface area contributed by atoms with Gasteiger partial charge in [0.25, 0.3) is 0 Å². The third-order valence-electron chi connectivity index (χ3n) is 5.72. The molecule has 0 saturated heterocycles. The standard InChI is InChI=1S/C16H35O4P.C8H17NO2/c1-5-9-11-15(7-3)13-19-21(17,18)20-14-16(8-4)12-10-6-2;1-3-4-5-6-7-8(2)11-9-10/h15-16H,5-14H2,1-4H3,(H,17,18);8H,3-7H2,1-2H3. The number of phosphoric ester groups is 1. The van der Waals surface area contributed by atoms with E-state index in [2.05, 4.69) is 44.8 Å². The monoisotopic (exact) mass is 481 g/mol. The van der Waals surface area contributed by atoms with Crippen molar-refractivity contribution in [3.05, 3.63) is 4.91 Å². The third kappa shape index (κ3) is 22.7. The molecule has 0 aromatic rings. The minimum atomic E-state index is -3.89. The number of unbranched alkanes of at least 4 members (excludes halogenated alkanes) is 5. The van der Waals surface area contributed by atoms with E-state index in [4.69, 9.17) is 9.05 Å². The molecule has 7 nitrogen and oxygen atoms in total. The molecule has 0 aromatic carbocycles. The number of hydrogen-bond acceptors (Lipinski definition) is 6. The zero-order chi connectivity index (χ0) is 24.7. The van der Waals surface area contributed by atoms with Crippen LogP contribution in [0, 0.1) is 16.7 Å². The Morgan fingerprint density at radius 2 is 1.22 bits per heavy atom. The van der Waals surface area contributed by atoms with Gasteiger partial charge in [-0.05, 0) is 44.4 Å². The maximum Gasteiger partial charge on any atom is 0.472 e. The molecule has 32 heavy (non-hydrogen) atoms. The van der Waals surface area contributed by atoms with Gasteiger partial charge in [0.2, 0.25) is 0 Å². The van der Waals surface area contributed by atoms with Crippen LogP contribution in [-0.2, 0) is 18.5 Å². The molecule has 0 aliphatic heterocycles. The van der Waals surface area contributed by atoms with Gasteiger partial charge in [-0.1, -0.05) is 92.4 Å². The maximum atomic E-state index is 11.9. The molecule has 0 amide bonds. The van der Waals surface area contributed by atoms with Crippen molar-refractivity contribution in [2.45, 2.75) is 131 Å². The van der Waals surface area contributed by atoms with Crippen molar-refractivity contribution >= 4 is 7.82 Å². The van der Waals surface area contributed by atoms with E-state index >= 15 is 0 Å². The van der Waals surface area contributed by atoms with Crippen molar-refractivity contribution in [2.75, 3.05) is 13.2 Å². The highest BCUT2D eigenvalue weighted by Crippen LogP contribution is 2.44. The van der Waals surface area contributed by atoms with Crippen LogP contribution in [0.25, 0.3) is 0 Å². The van der Waals surface area contributed by atoms with E-state index in [9.17, 15) is 14.4 Å². The Bertz CT molecular complexity index is 428. The lowest BCUT2D eigenvalue weighted by atomic mass is 10.0. The fraction of sp³-hybridized carbons (Fsp3) is 1.00. The predicted molar refractivity (Wildman–Crippen MR) is 133 cm³/mol. The summed E-state index contributed by atoms with van der Waals surface area (Å²) < 4.78 is 22.2. The highest BCUT2D eigenvalue weighted by molar-refractivity contribution is 7.47. The summed E-state index contributed by atoms with van der Waals surface area (Å²) in [5, 5.41) is 2.38. The lowest BCUT2D eigenvalue weighted by molar-refractivity contribution is 0.0607. The van der Waals surface area contributed by atoms with E-state index in [1.54, 1.807) is 0 Å². The Kier molecular flexibility index (Phi) is 24.9. The first-order valence-corrected chi connectivity index (χ1v) is 14.4. The Balaban J connectivity index is 0. The van der Waals surface area contributed by atoms with Gasteiger partial charge in [0, 0.05) is 0 Å². The number of rotatable bonds is 21. The second kappa shape index (κ2) is 23.7. The van der Waals surface area contributed by atoms with Gasteiger partial charge in [-0.3, -0.25) is 9.05 Å². The minimum absolute atomic E-state index is 0.00986. The smallest absolute Gasteiger partial charge is 0.361 e. The molecule has 0 rings (SSSR count). The molecule has 3 unspecified atom stereocenters. The molecular weight excluding hydrogens is 429 g/mol. The van der Waals surface area contributed by atoms with Crippen molar-refractivity contribution in [1.29, 1.82) is 0 Å². The lowest BCUT2D eigenvalue weighted by Crippen LogP contribution is -2.12. The second-order valence-electron chi connectivity index (χ2n) is 8.73. The van der Waals surface area contributed by atoms with Crippen molar-refractivity contribution in [3.63, 3.8) is 0 Å². The summed E-state index contributed by atoms with van der Waals surface area (Å²) in [6.45, 7) is 13.1. The predicted octanol–water partition coefficient (Wildman–Crippen LogP) is 8.60. The second-order valence-corrected chi connectivity index (χ2v) is 10.2. The number of nitrogens with zero attached hydrogens (tertiary/aromatic N) is 1. The summed E-state index contributed by atoms with van der Waals surface area (Å²) >= 11 is 0. The number of phosphoric acid groups is 1. The molecule has 0 aromatic heterocycles. The van der Waals surface area contributed by atoms with Gasteiger partial charge >= 0.3 is 7.82 Å². The summed E-state index contributed by atoms with van der Waals surface area (Å²) in [5.74, 6) is 0.687. The van der Waals surface area contributed by atoms with Crippen LogP contribution in [0.2, 0.25) is 0 Å². The molecule has 1 N–H and O–H groups in total. The highest BCUT2D eigenvalue weighted by atomic mass is 31.2. The molecule has 3 atom stereocenters. The summed E-state index contributed by atoms with van der Waals surface area (Å²) in [6, 6.07) is 0. The van der Waals surface area contributed by atoms with Crippen LogP contribution in [0.1, 0.15) is 125 Å². The van der Waals surface area contributed by atoms with Crippen molar-refractivity contribution in [1.82, 2.24) is 0 Å². The Morgan fingerprint density at radius 1 is 0.750 bits per heavy atom. The Labute approximate surface area is 197 Å². The van der Waals surface area contributed by atoms with Crippen molar-refractivity contribution in [2.24, 2.45) is 17.2 Å². The largest absolute Gasteiger partial charge is 0.472 e. The van der Waals surface area contributed by atoms with Crippen LogP contribution >= 0.6 is 7.82 Å². The molecule has 0 aliphatic rings.